The van der Waals surface area contributed by atoms with Gasteiger partial charge in [0, 0.05) is 30.5 Å². The van der Waals surface area contributed by atoms with Gasteiger partial charge in [0.25, 0.3) is 5.88 Å². The molecule has 12 heteroatoms. The quantitative estimate of drug-likeness (QED) is 0.301. The fraction of sp³-hybridized carbons (Fsp3) is 0.472. The van der Waals surface area contributed by atoms with Crippen molar-refractivity contribution < 1.29 is 33.6 Å². The van der Waals surface area contributed by atoms with Gasteiger partial charge in [0.1, 0.15) is 24.8 Å². The molecule has 2 aromatic carbocycles. The molecule has 48 heavy (non-hydrogen) atoms. The molecule has 8 rings (SSSR count). The van der Waals surface area contributed by atoms with Crippen LogP contribution >= 0.6 is 0 Å². The third-order valence-electron chi connectivity index (χ3n) is 10.9. The number of carbonyl (C=O) groups excluding carboxylic acids is 1. The number of phenols is 1. The molecular weight excluding hydrogens is 617 g/mol. The Morgan fingerprint density at radius 1 is 1.25 bits per heavy atom. The maximum Gasteiger partial charge on any atom is 0.322 e. The molecule has 250 valence electrons. The highest BCUT2D eigenvalue weighted by atomic mass is 19.1. The van der Waals surface area contributed by atoms with E-state index in [-0.39, 0.29) is 47.3 Å². The minimum atomic E-state index is -1.11. The van der Waals surface area contributed by atoms with Crippen molar-refractivity contribution in [3.05, 3.63) is 53.9 Å². The maximum absolute atomic E-state index is 14.9. The molecule has 0 radical (unpaired) electrons. The summed E-state index contributed by atoms with van der Waals surface area (Å²) in [5.74, 6) is 2.52. The standard InChI is InChI=1S/C36H38FN5O6/c1-4-24-26(37)9-8-21-14-23(43)15-25(30(21)24)27-19-46-31-32(40-17-22-16-35(3,45)28(18-40)42(22)29(44)5-2)38-34(39-33(31)48-27)47-20-36-10-6-12-41(36)13-7-11-36/h1,5,8-9,14-15,22,27-28,43,45H,2,6-7,10-13,16-20H2,3H3/t22-,27?,28-,35-/m1/s1. The molecule has 6 heterocycles. The van der Waals surface area contributed by atoms with Crippen molar-refractivity contribution in [2.45, 2.75) is 68.4 Å². The van der Waals surface area contributed by atoms with E-state index in [9.17, 15) is 19.4 Å². The van der Waals surface area contributed by atoms with Crippen molar-refractivity contribution in [2.75, 3.05) is 44.3 Å². The Morgan fingerprint density at radius 3 is 2.77 bits per heavy atom. The van der Waals surface area contributed by atoms with Crippen LogP contribution in [0.15, 0.2) is 36.9 Å². The van der Waals surface area contributed by atoms with E-state index in [4.69, 9.17) is 25.6 Å². The summed E-state index contributed by atoms with van der Waals surface area (Å²) >= 11 is 0. The van der Waals surface area contributed by atoms with E-state index in [0.717, 1.165) is 38.8 Å². The number of hydrogen-bond donors (Lipinski definition) is 2. The summed E-state index contributed by atoms with van der Waals surface area (Å²) in [6.45, 7) is 8.62. The number of phenolic OH excluding ortho intramolecular Hbond substituents is 1. The Bertz CT molecular complexity index is 1870. The van der Waals surface area contributed by atoms with Crippen LogP contribution in [0, 0.1) is 18.2 Å². The van der Waals surface area contributed by atoms with Gasteiger partial charge in [0.15, 0.2) is 11.9 Å². The minimum Gasteiger partial charge on any atom is -0.508 e. The molecule has 5 aliphatic heterocycles. The number of aliphatic hydroxyl groups is 1. The Labute approximate surface area is 277 Å². The molecular formula is C36H38FN5O6. The van der Waals surface area contributed by atoms with E-state index in [2.05, 4.69) is 22.4 Å². The summed E-state index contributed by atoms with van der Waals surface area (Å²) < 4.78 is 34.1. The van der Waals surface area contributed by atoms with Crippen LogP contribution in [0.2, 0.25) is 0 Å². The van der Waals surface area contributed by atoms with Gasteiger partial charge in [-0.05, 0) is 75.4 Å². The van der Waals surface area contributed by atoms with Gasteiger partial charge in [-0.2, -0.15) is 9.97 Å². The van der Waals surface area contributed by atoms with Crippen LogP contribution in [-0.2, 0) is 4.79 Å². The maximum atomic E-state index is 14.9. The van der Waals surface area contributed by atoms with Gasteiger partial charge in [-0.1, -0.05) is 18.6 Å². The molecule has 2 bridgehead atoms. The van der Waals surface area contributed by atoms with Gasteiger partial charge < -0.3 is 34.2 Å². The first-order chi connectivity index (χ1) is 23.1. The topological polar surface area (TPSA) is 121 Å². The highest BCUT2D eigenvalue weighted by molar-refractivity contribution is 5.93. The van der Waals surface area contributed by atoms with Gasteiger partial charge in [0.05, 0.1) is 28.8 Å². The smallest absolute Gasteiger partial charge is 0.322 e. The molecule has 5 aliphatic rings. The van der Waals surface area contributed by atoms with Crippen molar-refractivity contribution in [1.82, 2.24) is 19.8 Å². The number of halogens is 1. The van der Waals surface area contributed by atoms with Gasteiger partial charge in [0.2, 0.25) is 11.7 Å². The number of aromatic hydroxyl groups is 1. The molecule has 0 spiro atoms. The molecule has 4 saturated heterocycles. The zero-order valence-corrected chi connectivity index (χ0v) is 26.8. The first-order valence-electron chi connectivity index (χ1n) is 16.5. The first kappa shape index (κ1) is 30.7. The van der Waals surface area contributed by atoms with E-state index in [1.807, 2.05) is 4.90 Å². The van der Waals surface area contributed by atoms with Crippen molar-refractivity contribution in [3.8, 4) is 35.7 Å². The molecule has 0 saturated carbocycles. The summed E-state index contributed by atoms with van der Waals surface area (Å²) in [5.41, 5.74) is -0.635. The van der Waals surface area contributed by atoms with Crippen molar-refractivity contribution in [2.24, 2.45) is 0 Å². The van der Waals surface area contributed by atoms with E-state index < -0.39 is 23.6 Å². The lowest BCUT2D eigenvalue weighted by Crippen LogP contribution is -2.59. The average Bonchev–Trinajstić information content (AvgIpc) is 3.70. The molecule has 3 aromatic rings. The number of nitrogens with zero attached hydrogens (tertiary/aromatic N) is 5. The van der Waals surface area contributed by atoms with Crippen molar-refractivity contribution in [1.29, 1.82) is 0 Å². The van der Waals surface area contributed by atoms with Crippen molar-refractivity contribution >= 4 is 22.5 Å². The third kappa shape index (κ3) is 4.82. The van der Waals surface area contributed by atoms with Gasteiger partial charge in [-0.25, -0.2) is 4.39 Å². The molecule has 11 nitrogen and oxygen atoms in total. The number of ether oxygens (including phenoxy) is 3. The van der Waals surface area contributed by atoms with Crippen LogP contribution < -0.4 is 19.1 Å². The molecule has 1 unspecified atom stereocenters. The zero-order valence-electron chi connectivity index (χ0n) is 26.8. The lowest BCUT2D eigenvalue weighted by Gasteiger charge is -2.43. The van der Waals surface area contributed by atoms with E-state index in [1.165, 1.54) is 24.3 Å². The predicted molar refractivity (Wildman–Crippen MR) is 175 cm³/mol. The van der Waals surface area contributed by atoms with Gasteiger partial charge in [-0.3, -0.25) is 9.69 Å². The fourth-order valence-electron chi connectivity index (χ4n) is 8.73. The number of anilines is 1. The molecule has 2 N–H and O–H groups in total. The van der Waals surface area contributed by atoms with Crippen LogP contribution in [0.1, 0.15) is 56.3 Å². The van der Waals surface area contributed by atoms with E-state index >= 15 is 0 Å². The van der Waals surface area contributed by atoms with Crippen molar-refractivity contribution in [3.63, 3.8) is 0 Å². The normalized spacial score (nSPS) is 27.2. The summed E-state index contributed by atoms with van der Waals surface area (Å²) in [5, 5.41) is 22.9. The second kappa shape index (κ2) is 11.2. The Kier molecular flexibility index (Phi) is 7.19. The predicted octanol–water partition coefficient (Wildman–Crippen LogP) is 3.70. The summed E-state index contributed by atoms with van der Waals surface area (Å²) in [6, 6.07) is 5.21. The minimum absolute atomic E-state index is 0.000199. The Hall–Kier alpha value is -4.60. The number of hydrogen-bond acceptors (Lipinski definition) is 10. The van der Waals surface area contributed by atoms with E-state index in [0.29, 0.717) is 54.0 Å². The Balaban J connectivity index is 1.18. The number of amides is 1. The van der Waals surface area contributed by atoms with Gasteiger partial charge in [-0.15, -0.1) is 6.42 Å². The average molecular weight is 656 g/mol. The van der Waals surface area contributed by atoms with Crippen LogP contribution in [0.3, 0.4) is 0 Å². The first-order valence-corrected chi connectivity index (χ1v) is 16.5. The van der Waals surface area contributed by atoms with Crippen LogP contribution in [-0.4, -0.2) is 98.5 Å². The lowest BCUT2D eigenvalue weighted by atomic mass is 9.95. The third-order valence-corrected chi connectivity index (χ3v) is 10.9. The number of terminal acetylenes is 1. The van der Waals surface area contributed by atoms with Gasteiger partial charge >= 0.3 is 6.01 Å². The Morgan fingerprint density at radius 2 is 2.04 bits per heavy atom. The second-order valence-corrected chi connectivity index (χ2v) is 13.9. The molecule has 4 atom stereocenters. The molecule has 1 amide bonds. The van der Waals surface area contributed by atoms with Crippen LogP contribution in [0.25, 0.3) is 10.8 Å². The van der Waals surface area contributed by atoms with E-state index in [1.54, 1.807) is 17.9 Å². The molecule has 4 fully saturated rings. The lowest BCUT2D eigenvalue weighted by molar-refractivity contribution is -0.131. The monoisotopic (exact) mass is 655 g/mol. The summed E-state index contributed by atoms with van der Waals surface area (Å²) in [6.07, 6.45) is 11.0. The number of rotatable bonds is 6. The number of benzene rings is 2. The number of carbonyl (C=O) groups is 1. The largest absolute Gasteiger partial charge is 0.508 e. The number of piperazine rings is 1. The molecule has 1 aromatic heterocycles. The summed E-state index contributed by atoms with van der Waals surface area (Å²) in [4.78, 5) is 28.6. The number of fused-ring (bicyclic) bond motifs is 5. The fourth-order valence-corrected chi connectivity index (χ4v) is 8.73. The highest BCUT2D eigenvalue weighted by Crippen LogP contribution is 2.47. The SMILES string of the molecule is C#Cc1c(F)ccc2cc(O)cc(C3COc4c(nc(OCC56CCCN5CCC6)nc4N4C[C@H]5C[C@@](C)(O)[C@@H](C4)N5C(=O)C=C)O3)c12. The van der Waals surface area contributed by atoms with Crippen LogP contribution in [0.4, 0.5) is 10.2 Å². The summed E-state index contributed by atoms with van der Waals surface area (Å²) in [7, 11) is 0. The zero-order chi connectivity index (χ0) is 33.4. The second-order valence-electron chi connectivity index (χ2n) is 13.9. The van der Waals surface area contributed by atoms with Crippen LogP contribution in [0.5, 0.6) is 23.4 Å². The molecule has 0 aliphatic carbocycles. The number of aromatic nitrogens is 2. The highest BCUT2D eigenvalue weighted by Gasteiger charge is 2.54.